The number of rotatable bonds is 3. The van der Waals surface area contributed by atoms with E-state index in [-0.39, 0.29) is 6.54 Å². The van der Waals surface area contributed by atoms with Gasteiger partial charge in [0, 0.05) is 11.9 Å². The quantitative estimate of drug-likeness (QED) is 0.712. The van der Waals surface area contributed by atoms with Crippen LogP contribution >= 0.6 is 11.6 Å². The second kappa shape index (κ2) is 4.09. The molecule has 0 spiro atoms. The van der Waals surface area contributed by atoms with Crippen LogP contribution in [0, 0.1) is 6.92 Å². The summed E-state index contributed by atoms with van der Waals surface area (Å²) >= 11 is 5.66. The molecule has 0 fully saturated rings. The Hall–Kier alpha value is -1.29. The van der Waals surface area contributed by atoms with Gasteiger partial charge in [0.05, 0.1) is 6.54 Å². The second-order valence-electron chi connectivity index (χ2n) is 2.64. The fourth-order valence-electron chi connectivity index (χ4n) is 0.871. The lowest BCUT2D eigenvalue weighted by atomic mass is 10.2. The molecule has 1 heterocycles. The van der Waals surface area contributed by atoms with E-state index < -0.39 is 5.91 Å². The third kappa shape index (κ3) is 2.91. The lowest BCUT2D eigenvalue weighted by Gasteiger charge is -2.06. The number of amides is 1. The Labute approximate surface area is 81.1 Å². The first-order valence-corrected chi connectivity index (χ1v) is 4.11. The lowest BCUT2D eigenvalue weighted by Crippen LogP contribution is -2.22. The smallest absolute Gasteiger partial charge is 0.236 e. The van der Waals surface area contributed by atoms with Crippen LogP contribution in [0.3, 0.4) is 0 Å². The normalized spacial score (nSPS) is 9.69. The topological polar surface area (TPSA) is 68.0 Å². The molecule has 13 heavy (non-hydrogen) atoms. The molecular formula is C8H10ClN3O. The number of pyridine rings is 1. The highest BCUT2D eigenvalue weighted by molar-refractivity contribution is 6.29. The van der Waals surface area contributed by atoms with Crippen molar-refractivity contribution >= 4 is 23.2 Å². The predicted octanol–water partition coefficient (Wildman–Crippen LogP) is 0.941. The zero-order valence-electron chi connectivity index (χ0n) is 7.17. The first kappa shape index (κ1) is 9.80. The van der Waals surface area contributed by atoms with E-state index in [1.807, 2.05) is 6.92 Å². The first-order valence-electron chi connectivity index (χ1n) is 3.74. The number of carbonyl (C=O) groups is 1. The Morgan fingerprint density at radius 3 is 3.08 bits per heavy atom. The van der Waals surface area contributed by atoms with Gasteiger partial charge in [-0.15, -0.1) is 0 Å². The molecule has 0 radical (unpaired) electrons. The van der Waals surface area contributed by atoms with Crippen LogP contribution in [0.2, 0.25) is 5.15 Å². The highest BCUT2D eigenvalue weighted by atomic mass is 35.5. The summed E-state index contributed by atoms with van der Waals surface area (Å²) in [5.41, 5.74) is 6.68. The standard InChI is InChI=1S/C8H10ClN3O/c1-5-3-12-7(9)2-6(5)11-4-8(10)13/h2-3H,4H2,1H3,(H2,10,13)(H,11,12). The summed E-state index contributed by atoms with van der Waals surface area (Å²) in [7, 11) is 0. The van der Waals surface area contributed by atoms with E-state index in [0.717, 1.165) is 11.3 Å². The van der Waals surface area contributed by atoms with Crippen molar-refractivity contribution < 1.29 is 4.79 Å². The van der Waals surface area contributed by atoms with Gasteiger partial charge in [-0.1, -0.05) is 11.6 Å². The van der Waals surface area contributed by atoms with Crippen LogP contribution in [-0.4, -0.2) is 17.4 Å². The van der Waals surface area contributed by atoms with E-state index in [0.29, 0.717) is 5.15 Å². The number of anilines is 1. The van der Waals surface area contributed by atoms with Gasteiger partial charge >= 0.3 is 0 Å². The Morgan fingerprint density at radius 2 is 2.46 bits per heavy atom. The Bertz CT molecular complexity index is 327. The van der Waals surface area contributed by atoms with Crippen LogP contribution in [-0.2, 0) is 4.79 Å². The van der Waals surface area contributed by atoms with Gasteiger partial charge in [0.1, 0.15) is 5.15 Å². The largest absolute Gasteiger partial charge is 0.376 e. The van der Waals surface area contributed by atoms with Gasteiger partial charge in [0.15, 0.2) is 0 Å². The molecule has 4 nitrogen and oxygen atoms in total. The molecule has 1 amide bonds. The minimum atomic E-state index is -0.410. The number of nitrogens with zero attached hydrogens (tertiary/aromatic N) is 1. The molecule has 1 aromatic rings. The van der Waals surface area contributed by atoms with Crippen molar-refractivity contribution in [3.8, 4) is 0 Å². The fourth-order valence-corrected chi connectivity index (χ4v) is 1.03. The van der Waals surface area contributed by atoms with Gasteiger partial charge in [0.2, 0.25) is 5.91 Å². The monoisotopic (exact) mass is 199 g/mol. The Morgan fingerprint density at radius 1 is 1.77 bits per heavy atom. The number of halogens is 1. The SMILES string of the molecule is Cc1cnc(Cl)cc1NCC(N)=O. The summed E-state index contributed by atoms with van der Waals surface area (Å²) in [4.78, 5) is 14.4. The van der Waals surface area contributed by atoms with Crippen molar-refractivity contribution in [2.75, 3.05) is 11.9 Å². The van der Waals surface area contributed by atoms with Gasteiger partial charge in [0.25, 0.3) is 0 Å². The average molecular weight is 200 g/mol. The van der Waals surface area contributed by atoms with E-state index in [1.165, 1.54) is 0 Å². The molecular weight excluding hydrogens is 190 g/mol. The summed E-state index contributed by atoms with van der Waals surface area (Å²) in [5, 5.41) is 3.24. The zero-order chi connectivity index (χ0) is 9.84. The molecule has 0 saturated heterocycles. The summed E-state index contributed by atoms with van der Waals surface area (Å²) < 4.78 is 0. The number of hydrogen-bond acceptors (Lipinski definition) is 3. The van der Waals surface area contributed by atoms with Crippen LogP contribution < -0.4 is 11.1 Å². The molecule has 0 atom stereocenters. The number of hydrogen-bond donors (Lipinski definition) is 2. The van der Waals surface area contributed by atoms with E-state index in [4.69, 9.17) is 17.3 Å². The van der Waals surface area contributed by atoms with Crippen molar-refractivity contribution in [1.29, 1.82) is 0 Å². The zero-order valence-corrected chi connectivity index (χ0v) is 7.93. The van der Waals surface area contributed by atoms with Crippen LogP contribution in [0.5, 0.6) is 0 Å². The molecule has 0 saturated carbocycles. The minimum Gasteiger partial charge on any atom is -0.376 e. The maximum atomic E-state index is 10.5. The predicted molar refractivity (Wildman–Crippen MR) is 51.7 cm³/mol. The maximum Gasteiger partial charge on any atom is 0.236 e. The molecule has 0 aliphatic rings. The van der Waals surface area contributed by atoms with Gasteiger partial charge in [-0.3, -0.25) is 4.79 Å². The molecule has 0 bridgehead atoms. The third-order valence-corrected chi connectivity index (χ3v) is 1.73. The molecule has 0 aromatic carbocycles. The van der Waals surface area contributed by atoms with Gasteiger partial charge in [-0.25, -0.2) is 4.98 Å². The van der Waals surface area contributed by atoms with Crippen LogP contribution in [0.25, 0.3) is 0 Å². The highest BCUT2D eigenvalue weighted by Gasteiger charge is 2.00. The molecule has 0 unspecified atom stereocenters. The first-order chi connectivity index (χ1) is 6.09. The number of carbonyl (C=O) groups excluding carboxylic acids is 1. The highest BCUT2D eigenvalue weighted by Crippen LogP contribution is 2.16. The maximum absolute atomic E-state index is 10.5. The van der Waals surface area contributed by atoms with Crippen LogP contribution in [0.1, 0.15) is 5.56 Å². The van der Waals surface area contributed by atoms with Crippen molar-refractivity contribution in [1.82, 2.24) is 4.98 Å². The van der Waals surface area contributed by atoms with Gasteiger partial charge in [-0.2, -0.15) is 0 Å². The van der Waals surface area contributed by atoms with E-state index in [1.54, 1.807) is 12.3 Å². The van der Waals surface area contributed by atoms with Crippen LogP contribution in [0.15, 0.2) is 12.3 Å². The molecule has 3 N–H and O–H groups in total. The molecule has 1 aromatic heterocycles. The molecule has 0 aliphatic carbocycles. The van der Waals surface area contributed by atoms with Crippen molar-refractivity contribution in [2.24, 2.45) is 5.73 Å². The van der Waals surface area contributed by atoms with E-state index in [9.17, 15) is 4.79 Å². The fraction of sp³-hybridized carbons (Fsp3) is 0.250. The average Bonchev–Trinajstić information content (AvgIpc) is 2.06. The van der Waals surface area contributed by atoms with Gasteiger partial charge < -0.3 is 11.1 Å². The lowest BCUT2D eigenvalue weighted by molar-refractivity contribution is -0.116. The Kier molecular flexibility index (Phi) is 3.08. The minimum absolute atomic E-state index is 0.0984. The summed E-state index contributed by atoms with van der Waals surface area (Å²) in [6.45, 7) is 1.97. The van der Waals surface area contributed by atoms with Crippen molar-refractivity contribution in [3.63, 3.8) is 0 Å². The summed E-state index contributed by atoms with van der Waals surface area (Å²) in [6, 6.07) is 1.65. The molecule has 70 valence electrons. The van der Waals surface area contributed by atoms with Gasteiger partial charge in [-0.05, 0) is 18.6 Å². The number of nitrogens with one attached hydrogen (secondary N) is 1. The van der Waals surface area contributed by atoms with Crippen molar-refractivity contribution in [2.45, 2.75) is 6.92 Å². The number of aryl methyl sites for hydroxylation is 1. The second-order valence-corrected chi connectivity index (χ2v) is 3.03. The summed E-state index contributed by atoms with van der Waals surface area (Å²) in [5.74, 6) is -0.410. The van der Waals surface area contributed by atoms with Crippen LogP contribution in [0.4, 0.5) is 5.69 Å². The number of primary amides is 1. The third-order valence-electron chi connectivity index (χ3n) is 1.52. The number of aromatic nitrogens is 1. The molecule has 0 aliphatic heterocycles. The molecule has 5 heteroatoms. The van der Waals surface area contributed by atoms with Crippen molar-refractivity contribution in [3.05, 3.63) is 23.0 Å². The summed E-state index contributed by atoms with van der Waals surface area (Å²) in [6.07, 6.45) is 1.63. The molecule has 1 rings (SSSR count). The van der Waals surface area contributed by atoms with E-state index in [2.05, 4.69) is 10.3 Å². The number of nitrogens with two attached hydrogens (primary N) is 1. The Balaban J connectivity index is 2.75. The van der Waals surface area contributed by atoms with E-state index >= 15 is 0 Å².